The average Bonchev–Trinajstić information content (AvgIpc) is 3.11. The number of thiazole rings is 1. The van der Waals surface area contributed by atoms with Gasteiger partial charge in [-0.15, -0.1) is 11.3 Å². The molecule has 0 radical (unpaired) electrons. The number of phenolic OH excluding ortho intramolecular Hbond substituents is 1. The van der Waals surface area contributed by atoms with E-state index in [0.717, 1.165) is 47.1 Å². The number of piperazine rings is 1. The number of fused-ring (bicyclic) bond motifs is 1. The minimum atomic E-state index is -0.229. The van der Waals surface area contributed by atoms with Crippen molar-refractivity contribution in [3.63, 3.8) is 0 Å². The van der Waals surface area contributed by atoms with E-state index in [1.54, 1.807) is 30.3 Å². The van der Waals surface area contributed by atoms with Crippen molar-refractivity contribution in [3.8, 4) is 5.75 Å². The van der Waals surface area contributed by atoms with E-state index in [1.807, 2.05) is 0 Å². The summed E-state index contributed by atoms with van der Waals surface area (Å²) in [7, 11) is 0. The van der Waals surface area contributed by atoms with Gasteiger partial charge in [0.05, 0.1) is 21.8 Å². The molecule has 0 unspecified atom stereocenters. The topological polar surface area (TPSA) is 68.7 Å². The maximum absolute atomic E-state index is 13.1. The zero-order chi connectivity index (χ0) is 20.2. The Hall–Kier alpha value is -2.71. The van der Waals surface area contributed by atoms with E-state index in [2.05, 4.69) is 20.1 Å². The van der Waals surface area contributed by atoms with Crippen LogP contribution in [0.4, 0.5) is 10.1 Å². The first-order valence-corrected chi connectivity index (χ1v) is 10.5. The maximum atomic E-state index is 13.1. The van der Waals surface area contributed by atoms with Gasteiger partial charge in [-0.1, -0.05) is 0 Å². The normalized spacial score (nSPS) is 15.0. The van der Waals surface area contributed by atoms with Crippen molar-refractivity contribution in [2.24, 2.45) is 0 Å². The van der Waals surface area contributed by atoms with E-state index in [-0.39, 0.29) is 17.5 Å². The third-order valence-electron chi connectivity index (χ3n) is 5.01. The lowest BCUT2D eigenvalue weighted by atomic mass is 10.2. The summed E-state index contributed by atoms with van der Waals surface area (Å²) < 4.78 is 14.0. The van der Waals surface area contributed by atoms with Crippen molar-refractivity contribution in [3.05, 3.63) is 53.3 Å². The molecule has 152 valence electrons. The molecular weight excluding hydrogens is 391 g/mol. The van der Waals surface area contributed by atoms with Crippen molar-refractivity contribution >= 4 is 33.1 Å². The first-order chi connectivity index (χ1) is 14.1. The first kappa shape index (κ1) is 19.6. The highest BCUT2D eigenvalue weighted by Crippen LogP contribution is 2.25. The van der Waals surface area contributed by atoms with Crippen LogP contribution in [0.3, 0.4) is 0 Å². The highest BCUT2D eigenvalue weighted by Gasteiger charge is 2.19. The van der Waals surface area contributed by atoms with E-state index in [9.17, 15) is 14.3 Å². The van der Waals surface area contributed by atoms with Crippen LogP contribution in [-0.4, -0.2) is 60.2 Å². The largest absolute Gasteiger partial charge is 0.508 e. The monoisotopic (exact) mass is 414 g/mol. The quantitative estimate of drug-likeness (QED) is 0.649. The summed E-state index contributed by atoms with van der Waals surface area (Å²) in [6.45, 7) is 4.15. The minimum absolute atomic E-state index is 0.0130. The predicted octanol–water partition coefficient (Wildman–Crippen LogP) is 2.62. The lowest BCUT2D eigenvalue weighted by molar-refractivity contribution is -0.122. The zero-order valence-electron chi connectivity index (χ0n) is 16.0. The number of anilines is 1. The molecule has 29 heavy (non-hydrogen) atoms. The lowest BCUT2D eigenvalue weighted by Gasteiger charge is -2.35. The van der Waals surface area contributed by atoms with Gasteiger partial charge in [0, 0.05) is 44.8 Å². The Labute approximate surface area is 172 Å². The number of carbonyl (C=O) groups excluding carboxylic acids is 1. The maximum Gasteiger partial charge on any atom is 0.234 e. The molecule has 1 aromatic heterocycles. The van der Waals surface area contributed by atoms with Gasteiger partial charge in [0.1, 0.15) is 11.6 Å². The van der Waals surface area contributed by atoms with Gasteiger partial charge in [0.2, 0.25) is 5.91 Å². The molecule has 2 aromatic carbocycles. The number of amides is 1. The van der Waals surface area contributed by atoms with Gasteiger partial charge in [-0.05, 0) is 42.5 Å². The molecule has 6 nitrogen and oxygen atoms in total. The summed E-state index contributed by atoms with van der Waals surface area (Å²) in [4.78, 5) is 21.1. The van der Waals surface area contributed by atoms with Crippen LogP contribution < -0.4 is 10.2 Å². The number of nitrogens with zero attached hydrogens (tertiary/aromatic N) is 3. The van der Waals surface area contributed by atoms with Crippen molar-refractivity contribution in [1.29, 1.82) is 0 Å². The molecule has 1 amide bonds. The number of benzene rings is 2. The number of carbonyl (C=O) groups is 1. The molecule has 1 saturated heterocycles. The summed E-state index contributed by atoms with van der Waals surface area (Å²) in [5, 5.41) is 13.4. The molecule has 2 heterocycles. The number of rotatable bonds is 6. The Bertz CT molecular complexity index is 984. The molecule has 0 spiro atoms. The minimum Gasteiger partial charge on any atom is -0.508 e. The van der Waals surface area contributed by atoms with Crippen molar-refractivity contribution in [2.45, 2.75) is 6.42 Å². The first-order valence-electron chi connectivity index (χ1n) is 9.65. The van der Waals surface area contributed by atoms with Gasteiger partial charge in [-0.3, -0.25) is 9.69 Å². The third-order valence-corrected chi connectivity index (χ3v) is 6.09. The molecule has 1 aliphatic heterocycles. The van der Waals surface area contributed by atoms with E-state index in [0.29, 0.717) is 19.5 Å². The predicted molar refractivity (Wildman–Crippen MR) is 113 cm³/mol. The molecule has 0 atom stereocenters. The fourth-order valence-corrected chi connectivity index (χ4v) is 4.45. The van der Waals surface area contributed by atoms with Crippen molar-refractivity contribution in [2.75, 3.05) is 44.2 Å². The second-order valence-electron chi connectivity index (χ2n) is 7.10. The van der Waals surface area contributed by atoms with Crippen LogP contribution in [-0.2, 0) is 11.2 Å². The number of aromatic nitrogens is 1. The third kappa shape index (κ3) is 5.02. The SMILES string of the molecule is O=C(CN1CCN(c2ccc(F)cc2)CC1)NCCc1nc2ccc(O)cc2s1. The van der Waals surface area contributed by atoms with Gasteiger partial charge in [0.25, 0.3) is 0 Å². The second-order valence-corrected chi connectivity index (χ2v) is 8.21. The molecular formula is C21H23FN4O2S. The van der Waals surface area contributed by atoms with Crippen molar-refractivity contribution in [1.82, 2.24) is 15.2 Å². The van der Waals surface area contributed by atoms with Crippen LogP contribution in [0.25, 0.3) is 10.2 Å². The summed E-state index contributed by atoms with van der Waals surface area (Å²) in [5.74, 6) is 0.0209. The highest BCUT2D eigenvalue weighted by molar-refractivity contribution is 7.18. The summed E-state index contributed by atoms with van der Waals surface area (Å²) in [6, 6.07) is 11.7. The van der Waals surface area contributed by atoms with Gasteiger partial charge in [-0.25, -0.2) is 9.37 Å². The average molecular weight is 415 g/mol. The molecule has 0 aliphatic carbocycles. The van der Waals surface area contributed by atoms with Crippen LogP contribution in [0.5, 0.6) is 5.75 Å². The molecule has 3 aromatic rings. The van der Waals surface area contributed by atoms with E-state index in [4.69, 9.17) is 0 Å². The number of hydrogen-bond donors (Lipinski definition) is 2. The van der Waals surface area contributed by atoms with Crippen LogP contribution in [0, 0.1) is 5.82 Å². The number of phenols is 1. The highest BCUT2D eigenvalue weighted by atomic mass is 32.1. The van der Waals surface area contributed by atoms with Crippen LogP contribution in [0.1, 0.15) is 5.01 Å². The van der Waals surface area contributed by atoms with E-state index in [1.165, 1.54) is 23.5 Å². The van der Waals surface area contributed by atoms with E-state index >= 15 is 0 Å². The number of hydrogen-bond acceptors (Lipinski definition) is 6. The van der Waals surface area contributed by atoms with Crippen LogP contribution in [0.2, 0.25) is 0 Å². The Kier molecular flexibility index (Phi) is 5.92. The smallest absolute Gasteiger partial charge is 0.234 e. The molecule has 4 rings (SSSR count). The number of aromatic hydroxyl groups is 1. The fourth-order valence-electron chi connectivity index (χ4n) is 3.45. The number of halogens is 1. The van der Waals surface area contributed by atoms with Gasteiger partial charge >= 0.3 is 0 Å². The molecule has 8 heteroatoms. The van der Waals surface area contributed by atoms with E-state index < -0.39 is 0 Å². The van der Waals surface area contributed by atoms with Gasteiger partial charge in [0.15, 0.2) is 0 Å². The number of nitrogens with one attached hydrogen (secondary N) is 1. The second kappa shape index (κ2) is 8.75. The summed E-state index contributed by atoms with van der Waals surface area (Å²) in [6.07, 6.45) is 0.671. The lowest BCUT2D eigenvalue weighted by Crippen LogP contribution is -2.49. The Morgan fingerprint density at radius 1 is 1.14 bits per heavy atom. The zero-order valence-corrected chi connectivity index (χ0v) is 16.8. The molecule has 1 fully saturated rings. The fraction of sp³-hybridized carbons (Fsp3) is 0.333. The molecule has 0 saturated carbocycles. The Morgan fingerprint density at radius 2 is 1.90 bits per heavy atom. The van der Waals surface area contributed by atoms with Crippen LogP contribution >= 0.6 is 11.3 Å². The summed E-state index contributed by atoms with van der Waals surface area (Å²) in [5.41, 5.74) is 1.88. The van der Waals surface area contributed by atoms with Gasteiger partial charge in [-0.2, -0.15) is 0 Å². The van der Waals surface area contributed by atoms with Crippen molar-refractivity contribution < 1.29 is 14.3 Å². The molecule has 0 bridgehead atoms. The summed E-state index contributed by atoms with van der Waals surface area (Å²) >= 11 is 1.54. The van der Waals surface area contributed by atoms with Crippen LogP contribution in [0.15, 0.2) is 42.5 Å². The Balaban J connectivity index is 1.19. The Morgan fingerprint density at radius 3 is 2.66 bits per heavy atom. The molecule has 1 aliphatic rings. The van der Waals surface area contributed by atoms with Gasteiger partial charge < -0.3 is 15.3 Å². The standard InChI is InChI=1S/C21H23FN4O2S/c22-15-1-3-16(4-2-15)26-11-9-25(10-12-26)14-20(28)23-8-7-21-24-18-6-5-17(27)13-19(18)29-21/h1-6,13,27H,7-12,14H2,(H,23,28). The molecule has 2 N–H and O–H groups in total.